The van der Waals surface area contributed by atoms with Crippen molar-refractivity contribution in [3.63, 3.8) is 0 Å². The Labute approximate surface area is 157 Å². The van der Waals surface area contributed by atoms with Gasteiger partial charge in [0.05, 0.1) is 5.52 Å². The second-order valence-corrected chi connectivity index (χ2v) is 7.18. The van der Waals surface area contributed by atoms with Gasteiger partial charge < -0.3 is 14.8 Å². The van der Waals surface area contributed by atoms with E-state index in [1.807, 2.05) is 30.3 Å². The molecule has 0 unspecified atom stereocenters. The van der Waals surface area contributed by atoms with Gasteiger partial charge in [0.1, 0.15) is 17.4 Å². The van der Waals surface area contributed by atoms with Crippen molar-refractivity contribution in [2.24, 2.45) is 0 Å². The van der Waals surface area contributed by atoms with E-state index in [4.69, 9.17) is 21.1 Å². The number of benzene rings is 1. The van der Waals surface area contributed by atoms with Gasteiger partial charge in [0.2, 0.25) is 0 Å². The predicted octanol–water partition coefficient (Wildman–Crippen LogP) is 4.24. The topological polar surface area (TPSA) is 77.5 Å². The molecule has 2 aromatic rings. The molecule has 0 saturated carbocycles. The van der Waals surface area contributed by atoms with Crippen molar-refractivity contribution in [2.75, 3.05) is 6.54 Å². The quantitative estimate of drug-likeness (QED) is 0.462. The molecule has 1 N–H and O–H groups in total. The lowest BCUT2D eigenvalue weighted by atomic mass is 10.2. The molecule has 0 radical (unpaired) electrons. The lowest BCUT2D eigenvalue weighted by Crippen LogP contribution is -2.33. The van der Waals surface area contributed by atoms with Crippen LogP contribution in [0.4, 0.5) is 4.79 Å². The first kappa shape index (κ1) is 20.0. The van der Waals surface area contributed by atoms with Crippen LogP contribution in [0.5, 0.6) is 0 Å². The Bertz CT molecular complexity index is 787. The first-order chi connectivity index (χ1) is 12.2. The number of para-hydroxylation sites is 1. The Morgan fingerprint density at radius 3 is 2.69 bits per heavy atom. The molecular weight excluding hydrogens is 356 g/mol. The van der Waals surface area contributed by atoms with Crippen LogP contribution in [0.25, 0.3) is 10.9 Å². The van der Waals surface area contributed by atoms with E-state index < -0.39 is 11.7 Å². The number of rotatable bonds is 6. The molecule has 0 fully saturated rings. The summed E-state index contributed by atoms with van der Waals surface area (Å²) in [6, 6.07) is 9.45. The number of pyridine rings is 1. The number of carbonyl (C=O) groups excluding carboxylic acids is 2. The fourth-order valence-electron chi connectivity index (χ4n) is 2.21. The Balaban J connectivity index is 1.74. The number of esters is 1. The average Bonchev–Trinajstić information content (AvgIpc) is 2.55. The number of nitrogens with one attached hydrogen (secondary N) is 1. The van der Waals surface area contributed by atoms with Crippen LogP contribution in [0.2, 0.25) is 5.15 Å². The molecule has 6 nitrogen and oxygen atoms in total. The zero-order chi connectivity index (χ0) is 19.2. The number of hydrogen-bond donors (Lipinski definition) is 1. The largest absolute Gasteiger partial charge is 0.461 e. The molecule has 1 aromatic heterocycles. The third kappa shape index (κ3) is 6.52. The summed E-state index contributed by atoms with van der Waals surface area (Å²) in [5.41, 5.74) is 0.905. The van der Waals surface area contributed by atoms with E-state index in [2.05, 4.69) is 10.3 Å². The van der Waals surface area contributed by atoms with Gasteiger partial charge in [-0.1, -0.05) is 29.8 Å². The molecule has 0 aliphatic rings. The number of hydrogen-bond acceptors (Lipinski definition) is 5. The van der Waals surface area contributed by atoms with Crippen molar-refractivity contribution in [1.82, 2.24) is 10.3 Å². The molecule has 0 spiro atoms. The normalized spacial score (nSPS) is 11.2. The monoisotopic (exact) mass is 378 g/mol. The van der Waals surface area contributed by atoms with E-state index in [-0.39, 0.29) is 19.0 Å². The van der Waals surface area contributed by atoms with E-state index in [0.29, 0.717) is 23.7 Å². The van der Waals surface area contributed by atoms with Crippen LogP contribution in [0, 0.1) is 0 Å². The molecule has 0 saturated heterocycles. The number of nitrogens with zero attached hydrogens (tertiary/aromatic N) is 1. The number of fused-ring (bicyclic) bond motifs is 1. The van der Waals surface area contributed by atoms with Crippen molar-refractivity contribution in [3.8, 4) is 0 Å². The summed E-state index contributed by atoms with van der Waals surface area (Å²) in [6.07, 6.45) is 0.149. The minimum atomic E-state index is -0.545. The smallest absolute Gasteiger partial charge is 0.407 e. The van der Waals surface area contributed by atoms with Gasteiger partial charge >= 0.3 is 12.1 Å². The standard InChI is InChI=1S/C19H23ClN2O4/c1-19(2,3)26-18(24)21-10-6-9-16(23)25-12-14-11-13-7-4-5-8-15(13)22-17(14)20/h4-5,7-8,11H,6,9-10,12H2,1-3H3,(H,21,24). The van der Waals surface area contributed by atoms with Gasteiger partial charge in [-0.2, -0.15) is 0 Å². The second-order valence-electron chi connectivity index (χ2n) is 6.82. The molecule has 1 heterocycles. The van der Waals surface area contributed by atoms with Crippen LogP contribution >= 0.6 is 11.6 Å². The molecule has 0 aliphatic carbocycles. The molecule has 26 heavy (non-hydrogen) atoms. The van der Waals surface area contributed by atoms with E-state index in [1.165, 1.54) is 0 Å². The second kappa shape index (κ2) is 8.85. The highest BCUT2D eigenvalue weighted by molar-refractivity contribution is 6.30. The highest BCUT2D eigenvalue weighted by atomic mass is 35.5. The molecule has 2 rings (SSSR count). The lowest BCUT2D eigenvalue weighted by Gasteiger charge is -2.19. The fraction of sp³-hybridized carbons (Fsp3) is 0.421. The predicted molar refractivity (Wildman–Crippen MR) is 100 cm³/mol. The van der Waals surface area contributed by atoms with Gasteiger partial charge in [-0.3, -0.25) is 4.79 Å². The first-order valence-corrected chi connectivity index (χ1v) is 8.79. The number of alkyl carbamates (subject to hydrolysis) is 1. The van der Waals surface area contributed by atoms with Crippen LogP contribution in [-0.2, 0) is 20.9 Å². The van der Waals surface area contributed by atoms with Crippen molar-refractivity contribution in [1.29, 1.82) is 0 Å². The van der Waals surface area contributed by atoms with Crippen LogP contribution < -0.4 is 5.32 Å². The van der Waals surface area contributed by atoms with Gasteiger partial charge in [-0.15, -0.1) is 0 Å². The fourth-order valence-corrected chi connectivity index (χ4v) is 2.41. The molecule has 1 aromatic carbocycles. The molecular formula is C19H23ClN2O4. The van der Waals surface area contributed by atoms with Gasteiger partial charge in [0.15, 0.2) is 0 Å². The van der Waals surface area contributed by atoms with Crippen molar-refractivity contribution in [3.05, 3.63) is 41.0 Å². The third-order valence-electron chi connectivity index (χ3n) is 3.36. The average molecular weight is 379 g/mol. The maximum atomic E-state index is 11.8. The number of amides is 1. The molecule has 1 amide bonds. The Morgan fingerprint density at radius 1 is 1.23 bits per heavy atom. The van der Waals surface area contributed by atoms with Crippen molar-refractivity contribution >= 4 is 34.6 Å². The Kier molecular flexibility index (Phi) is 6.80. The summed E-state index contributed by atoms with van der Waals surface area (Å²) in [4.78, 5) is 27.6. The maximum Gasteiger partial charge on any atom is 0.407 e. The molecule has 0 atom stereocenters. The summed E-state index contributed by atoms with van der Waals surface area (Å²) in [7, 11) is 0. The number of aromatic nitrogens is 1. The summed E-state index contributed by atoms with van der Waals surface area (Å²) >= 11 is 6.14. The molecule has 7 heteroatoms. The van der Waals surface area contributed by atoms with E-state index >= 15 is 0 Å². The Hall–Kier alpha value is -2.34. The van der Waals surface area contributed by atoms with Crippen molar-refractivity contribution < 1.29 is 19.1 Å². The van der Waals surface area contributed by atoms with Gasteiger partial charge in [0.25, 0.3) is 0 Å². The molecule has 0 aliphatic heterocycles. The minimum absolute atomic E-state index is 0.0645. The van der Waals surface area contributed by atoms with Crippen LogP contribution in [-0.4, -0.2) is 29.2 Å². The minimum Gasteiger partial charge on any atom is -0.461 e. The third-order valence-corrected chi connectivity index (χ3v) is 3.69. The van der Waals surface area contributed by atoms with Gasteiger partial charge in [-0.25, -0.2) is 9.78 Å². The van der Waals surface area contributed by atoms with Gasteiger partial charge in [-0.05, 0) is 39.3 Å². The van der Waals surface area contributed by atoms with Gasteiger partial charge in [0, 0.05) is 23.9 Å². The molecule has 0 bridgehead atoms. The lowest BCUT2D eigenvalue weighted by molar-refractivity contribution is -0.145. The summed E-state index contributed by atoms with van der Waals surface area (Å²) in [5.74, 6) is -0.361. The number of ether oxygens (including phenoxy) is 2. The van der Waals surface area contributed by atoms with E-state index in [0.717, 1.165) is 10.9 Å². The van der Waals surface area contributed by atoms with E-state index in [1.54, 1.807) is 20.8 Å². The number of halogens is 1. The summed E-state index contributed by atoms with van der Waals surface area (Å²) in [6.45, 7) is 5.77. The summed E-state index contributed by atoms with van der Waals surface area (Å²) < 4.78 is 10.3. The van der Waals surface area contributed by atoms with E-state index in [9.17, 15) is 9.59 Å². The number of carbonyl (C=O) groups is 2. The van der Waals surface area contributed by atoms with Crippen molar-refractivity contribution in [2.45, 2.75) is 45.8 Å². The highest BCUT2D eigenvalue weighted by Crippen LogP contribution is 2.21. The van der Waals surface area contributed by atoms with Crippen LogP contribution in [0.3, 0.4) is 0 Å². The van der Waals surface area contributed by atoms with Crippen LogP contribution in [0.1, 0.15) is 39.2 Å². The first-order valence-electron chi connectivity index (χ1n) is 8.41. The molecule has 140 valence electrons. The maximum absolute atomic E-state index is 11.8. The SMILES string of the molecule is CC(C)(C)OC(=O)NCCCC(=O)OCc1cc2ccccc2nc1Cl. The highest BCUT2D eigenvalue weighted by Gasteiger charge is 2.15. The Morgan fingerprint density at radius 2 is 1.96 bits per heavy atom. The zero-order valence-corrected chi connectivity index (χ0v) is 15.9. The zero-order valence-electron chi connectivity index (χ0n) is 15.2. The van der Waals surface area contributed by atoms with Crippen LogP contribution in [0.15, 0.2) is 30.3 Å². The summed E-state index contributed by atoms with van der Waals surface area (Å²) in [5, 5.41) is 3.85.